The summed E-state index contributed by atoms with van der Waals surface area (Å²) in [5.74, 6) is 2.39. The van der Waals surface area contributed by atoms with Gasteiger partial charge in [0, 0.05) is 26.1 Å². The van der Waals surface area contributed by atoms with Crippen LogP contribution in [-0.2, 0) is 12.8 Å². The van der Waals surface area contributed by atoms with Gasteiger partial charge in [0.1, 0.15) is 5.75 Å². The first-order chi connectivity index (χ1) is 11.3. The number of likely N-dealkylation sites (N-methyl/N-ethyl adjacent to an activating group) is 1. The zero-order valence-corrected chi connectivity index (χ0v) is 15.0. The molecule has 2 aromatic rings. The molecule has 0 spiro atoms. The Hall–Kier alpha value is -1.63. The summed E-state index contributed by atoms with van der Waals surface area (Å²) >= 11 is 0. The maximum Gasteiger partial charge on any atom is 0.227 e. The van der Waals surface area contributed by atoms with Crippen LogP contribution < -0.4 is 10.1 Å². The Balaban J connectivity index is 0.00000208. The van der Waals surface area contributed by atoms with Gasteiger partial charge in [0.15, 0.2) is 5.82 Å². The van der Waals surface area contributed by atoms with E-state index in [9.17, 15) is 0 Å². The van der Waals surface area contributed by atoms with Crippen LogP contribution in [0.3, 0.4) is 0 Å². The topological polar surface area (TPSA) is 63.4 Å². The summed E-state index contributed by atoms with van der Waals surface area (Å²) in [6.45, 7) is 5.56. The van der Waals surface area contributed by atoms with E-state index in [2.05, 4.69) is 39.5 Å². The molecule has 7 heteroatoms. The van der Waals surface area contributed by atoms with E-state index in [0.717, 1.165) is 44.0 Å². The molecule has 132 valence electrons. The van der Waals surface area contributed by atoms with Crippen molar-refractivity contribution in [2.75, 3.05) is 33.3 Å². The van der Waals surface area contributed by atoms with Gasteiger partial charge in [-0.3, -0.25) is 4.90 Å². The number of hydrogen-bond donors (Lipinski definition) is 1. The van der Waals surface area contributed by atoms with Crippen LogP contribution >= 0.6 is 12.4 Å². The molecule has 1 unspecified atom stereocenters. The highest BCUT2D eigenvalue weighted by Crippen LogP contribution is 2.18. The van der Waals surface area contributed by atoms with Crippen LogP contribution in [0.2, 0.25) is 0 Å². The van der Waals surface area contributed by atoms with E-state index in [0.29, 0.717) is 12.5 Å². The van der Waals surface area contributed by atoms with E-state index in [-0.39, 0.29) is 18.4 Å². The van der Waals surface area contributed by atoms with Gasteiger partial charge in [-0.05, 0) is 38.1 Å². The molecule has 1 atom stereocenters. The standard InChI is InChI=1S/C17H24N4O2.ClH/c1-3-22-14-7-4-13(5-8-14)6-9-16-19-17(20-23-16)15-12-18-10-11-21(15)2;/h4-5,7-8,15,18H,3,6,9-12H2,1-2H3;1H. The fraction of sp³-hybridized carbons (Fsp3) is 0.529. The maximum atomic E-state index is 5.45. The highest BCUT2D eigenvalue weighted by molar-refractivity contribution is 5.85. The van der Waals surface area contributed by atoms with Gasteiger partial charge in [-0.25, -0.2) is 0 Å². The summed E-state index contributed by atoms with van der Waals surface area (Å²) < 4.78 is 10.9. The number of ether oxygens (including phenoxy) is 1. The number of piperazine rings is 1. The second-order valence-electron chi connectivity index (χ2n) is 5.82. The summed E-state index contributed by atoms with van der Waals surface area (Å²) in [6, 6.07) is 8.37. The van der Waals surface area contributed by atoms with Gasteiger partial charge < -0.3 is 14.6 Å². The Kier molecular flexibility index (Phi) is 7.02. The molecular formula is C17H25ClN4O2. The fourth-order valence-electron chi connectivity index (χ4n) is 2.77. The first-order valence-corrected chi connectivity index (χ1v) is 8.21. The third-order valence-electron chi connectivity index (χ3n) is 4.15. The molecule has 2 heterocycles. The maximum absolute atomic E-state index is 5.45. The summed E-state index contributed by atoms with van der Waals surface area (Å²) in [5, 5.41) is 7.52. The van der Waals surface area contributed by atoms with Gasteiger partial charge in [-0.2, -0.15) is 4.98 Å². The molecule has 1 fully saturated rings. The summed E-state index contributed by atoms with van der Waals surface area (Å²) in [4.78, 5) is 6.82. The summed E-state index contributed by atoms with van der Waals surface area (Å²) in [7, 11) is 2.10. The molecule has 24 heavy (non-hydrogen) atoms. The average Bonchev–Trinajstić information content (AvgIpc) is 3.04. The number of hydrogen-bond acceptors (Lipinski definition) is 6. The van der Waals surface area contributed by atoms with Crippen molar-refractivity contribution in [3.8, 4) is 5.75 Å². The van der Waals surface area contributed by atoms with Crippen LogP contribution in [0.25, 0.3) is 0 Å². The highest BCUT2D eigenvalue weighted by Gasteiger charge is 2.25. The van der Waals surface area contributed by atoms with Crippen molar-refractivity contribution in [2.45, 2.75) is 25.8 Å². The lowest BCUT2D eigenvalue weighted by Gasteiger charge is -2.30. The monoisotopic (exact) mass is 352 g/mol. The second kappa shape index (κ2) is 9.01. The third kappa shape index (κ3) is 4.69. The second-order valence-corrected chi connectivity index (χ2v) is 5.82. The Morgan fingerprint density at radius 2 is 2.08 bits per heavy atom. The molecule has 6 nitrogen and oxygen atoms in total. The van der Waals surface area contributed by atoms with Crippen molar-refractivity contribution in [1.82, 2.24) is 20.4 Å². The minimum atomic E-state index is 0. The normalized spacial score (nSPS) is 18.2. The molecule has 1 aliphatic heterocycles. The minimum absolute atomic E-state index is 0. The molecule has 1 aromatic carbocycles. The number of rotatable bonds is 6. The third-order valence-corrected chi connectivity index (χ3v) is 4.15. The van der Waals surface area contributed by atoms with Crippen molar-refractivity contribution in [3.63, 3.8) is 0 Å². The number of benzene rings is 1. The van der Waals surface area contributed by atoms with Gasteiger partial charge in [0.05, 0.1) is 12.6 Å². The molecule has 0 saturated carbocycles. The fourth-order valence-corrected chi connectivity index (χ4v) is 2.77. The number of nitrogens with one attached hydrogen (secondary N) is 1. The lowest BCUT2D eigenvalue weighted by atomic mass is 10.1. The van der Waals surface area contributed by atoms with Crippen LogP contribution in [0, 0.1) is 0 Å². The number of aryl methyl sites for hydroxylation is 2. The highest BCUT2D eigenvalue weighted by atomic mass is 35.5. The molecule has 1 aromatic heterocycles. The summed E-state index contributed by atoms with van der Waals surface area (Å²) in [6.07, 6.45) is 1.64. The van der Waals surface area contributed by atoms with Gasteiger partial charge in [0.25, 0.3) is 0 Å². The molecule has 1 saturated heterocycles. The summed E-state index contributed by atoms with van der Waals surface area (Å²) in [5.41, 5.74) is 1.24. The Labute approximate surface area is 149 Å². The van der Waals surface area contributed by atoms with Gasteiger partial charge >= 0.3 is 0 Å². The van der Waals surface area contributed by atoms with E-state index < -0.39 is 0 Å². The average molecular weight is 353 g/mol. The van der Waals surface area contributed by atoms with E-state index in [1.54, 1.807) is 0 Å². The van der Waals surface area contributed by atoms with E-state index in [1.807, 2.05) is 19.1 Å². The minimum Gasteiger partial charge on any atom is -0.494 e. The lowest BCUT2D eigenvalue weighted by Crippen LogP contribution is -2.44. The Bertz CT molecular complexity index is 617. The van der Waals surface area contributed by atoms with Crippen LogP contribution in [0.4, 0.5) is 0 Å². The predicted octanol–water partition coefficient (Wildman–Crippen LogP) is 2.25. The number of nitrogens with zero attached hydrogens (tertiary/aromatic N) is 3. The molecule has 1 aliphatic rings. The zero-order chi connectivity index (χ0) is 16.1. The largest absolute Gasteiger partial charge is 0.494 e. The molecule has 1 N–H and O–H groups in total. The van der Waals surface area contributed by atoms with E-state index >= 15 is 0 Å². The Morgan fingerprint density at radius 3 is 2.79 bits per heavy atom. The van der Waals surface area contributed by atoms with Gasteiger partial charge in [-0.15, -0.1) is 12.4 Å². The van der Waals surface area contributed by atoms with Crippen LogP contribution in [0.5, 0.6) is 5.75 Å². The van der Waals surface area contributed by atoms with Crippen LogP contribution in [0.15, 0.2) is 28.8 Å². The first kappa shape index (κ1) is 18.7. The predicted molar refractivity (Wildman–Crippen MR) is 94.8 cm³/mol. The zero-order valence-electron chi connectivity index (χ0n) is 14.2. The van der Waals surface area contributed by atoms with Crippen molar-refractivity contribution < 1.29 is 9.26 Å². The van der Waals surface area contributed by atoms with Gasteiger partial charge in [-0.1, -0.05) is 17.3 Å². The van der Waals surface area contributed by atoms with Crippen molar-refractivity contribution in [3.05, 3.63) is 41.5 Å². The van der Waals surface area contributed by atoms with Crippen LogP contribution in [-0.4, -0.2) is 48.3 Å². The Morgan fingerprint density at radius 1 is 1.29 bits per heavy atom. The molecule has 0 aliphatic carbocycles. The molecule has 0 amide bonds. The van der Waals surface area contributed by atoms with Crippen molar-refractivity contribution >= 4 is 12.4 Å². The molecule has 0 radical (unpaired) electrons. The first-order valence-electron chi connectivity index (χ1n) is 8.21. The lowest BCUT2D eigenvalue weighted by molar-refractivity contribution is 0.190. The van der Waals surface area contributed by atoms with Crippen molar-refractivity contribution in [1.29, 1.82) is 0 Å². The molecule has 3 rings (SSSR count). The molecular weight excluding hydrogens is 328 g/mol. The van der Waals surface area contributed by atoms with Crippen LogP contribution in [0.1, 0.15) is 30.2 Å². The van der Waals surface area contributed by atoms with Crippen molar-refractivity contribution in [2.24, 2.45) is 0 Å². The number of aromatic nitrogens is 2. The number of halogens is 1. The molecule has 0 bridgehead atoms. The van der Waals surface area contributed by atoms with E-state index in [4.69, 9.17) is 9.26 Å². The smallest absolute Gasteiger partial charge is 0.227 e. The van der Waals surface area contributed by atoms with E-state index in [1.165, 1.54) is 5.56 Å². The van der Waals surface area contributed by atoms with Gasteiger partial charge in [0.2, 0.25) is 5.89 Å². The SMILES string of the molecule is CCOc1ccc(CCc2nc(C3CNCCN3C)no2)cc1.Cl. The quantitative estimate of drug-likeness (QED) is 0.860.